The number of hydrogen-bond acceptors (Lipinski definition) is 12. The molecule has 2 aliphatic carbocycles. The maximum atomic E-state index is 14.6. The quantitative estimate of drug-likeness (QED) is 0.282. The SMILES string of the molecule is CC[C@H]1C[C@@]1(NC(=O)C1C[C@@H]2CN1C(=O)[C@H](C(C)(C)C)NC(=O)OCC(C)(C)OC/C=C/COc1cccc3c1CN(C3)C1OC1O2)C(=O)NS(=O)(=O)C1CC1. The van der Waals surface area contributed by atoms with Gasteiger partial charge in [0, 0.05) is 31.6 Å². The Morgan fingerprint density at radius 1 is 1.04 bits per heavy atom. The summed E-state index contributed by atoms with van der Waals surface area (Å²) in [7, 11) is -3.87. The van der Waals surface area contributed by atoms with E-state index in [1.54, 1.807) is 34.6 Å². The third-order valence-corrected chi connectivity index (χ3v) is 13.3. The molecule has 7 rings (SSSR count). The zero-order chi connectivity index (χ0) is 40.2. The Labute approximate surface area is 328 Å². The van der Waals surface area contributed by atoms with Gasteiger partial charge >= 0.3 is 6.09 Å². The standard InChI is InChI=1S/C39H55N5O11S/c1-7-24-18-39(24,35(47)42-56(49,50)26-13-14-26)41-31(45)28-17-25-20-44(28)32(46)30(37(2,3)4)40-36(48)52-22-38(5,6)53-16-9-8-15-51-29-12-10-11-23-19-43(21-27(23)29)33-34(54-25)55-33/h8-12,24-26,28,30,33-34H,7,13-22H2,1-6H3,(H,40,48)(H,41,45)(H,42,47)/b9-8+/t24-,25+,28?,30+,33?,34?,39-/m0/s1. The fourth-order valence-electron chi connectivity index (χ4n) is 7.86. The van der Waals surface area contributed by atoms with Gasteiger partial charge in [0.15, 0.2) is 12.5 Å². The second-order valence-electron chi connectivity index (χ2n) is 17.5. The summed E-state index contributed by atoms with van der Waals surface area (Å²) >= 11 is 0. The van der Waals surface area contributed by atoms with Gasteiger partial charge in [0.25, 0.3) is 5.91 Å². The van der Waals surface area contributed by atoms with E-state index >= 15 is 0 Å². The number of ether oxygens (including phenoxy) is 5. The number of epoxide rings is 1. The summed E-state index contributed by atoms with van der Waals surface area (Å²) in [5.41, 5.74) is -0.920. The zero-order valence-electron chi connectivity index (χ0n) is 33.0. The maximum absolute atomic E-state index is 14.6. The van der Waals surface area contributed by atoms with Gasteiger partial charge in [0.2, 0.25) is 21.8 Å². The number of rotatable bonds is 6. The predicted octanol–water partition coefficient (Wildman–Crippen LogP) is 2.45. The lowest BCUT2D eigenvalue weighted by Crippen LogP contribution is -2.60. The van der Waals surface area contributed by atoms with Crippen LogP contribution in [0.15, 0.2) is 30.4 Å². The van der Waals surface area contributed by atoms with Crippen LogP contribution in [0, 0.1) is 11.3 Å². The molecular formula is C39H55N5O11S. The first kappa shape index (κ1) is 40.4. The molecule has 2 saturated heterocycles. The summed E-state index contributed by atoms with van der Waals surface area (Å²) < 4.78 is 57.8. The second kappa shape index (κ2) is 15.2. The molecule has 0 radical (unpaired) electrons. The molecule has 4 fully saturated rings. The number of nitrogens with one attached hydrogen (secondary N) is 3. The van der Waals surface area contributed by atoms with E-state index in [2.05, 4.69) is 26.3 Å². The molecule has 56 heavy (non-hydrogen) atoms. The highest BCUT2D eigenvalue weighted by molar-refractivity contribution is 7.91. The molecule has 4 unspecified atom stereocenters. The highest BCUT2D eigenvalue weighted by Crippen LogP contribution is 2.47. The minimum absolute atomic E-state index is 0.00531. The largest absolute Gasteiger partial charge is 0.489 e. The lowest BCUT2D eigenvalue weighted by Gasteiger charge is -2.35. The molecule has 3 N–H and O–H groups in total. The highest BCUT2D eigenvalue weighted by atomic mass is 32.2. The number of nitrogens with zero attached hydrogens (tertiary/aromatic N) is 2. The summed E-state index contributed by atoms with van der Waals surface area (Å²) in [5.74, 6) is -1.43. The first-order valence-electron chi connectivity index (χ1n) is 19.6. The van der Waals surface area contributed by atoms with Crippen molar-refractivity contribution in [3.05, 3.63) is 41.5 Å². The molecular weight excluding hydrogens is 747 g/mol. The van der Waals surface area contributed by atoms with E-state index in [9.17, 15) is 27.6 Å². The fraction of sp³-hybridized carbons (Fsp3) is 0.692. The number of sulfonamides is 1. The summed E-state index contributed by atoms with van der Waals surface area (Å²) in [6, 6.07) is 3.73. The third kappa shape index (κ3) is 8.71. The first-order valence-corrected chi connectivity index (χ1v) is 21.1. The minimum Gasteiger partial charge on any atom is -0.489 e. The van der Waals surface area contributed by atoms with Crippen molar-refractivity contribution < 1.29 is 51.3 Å². The van der Waals surface area contributed by atoms with Crippen LogP contribution in [-0.4, -0.2) is 115 Å². The second-order valence-corrected chi connectivity index (χ2v) is 19.5. The molecule has 2 saturated carbocycles. The van der Waals surface area contributed by atoms with Crippen molar-refractivity contribution in [1.82, 2.24) is 25.2 Å². The predicted molar refractivity (Wildman–Crippen MR) is 201 cm³/mol. The lowest BCUT2D eigenvalue weighted by molar-refractivity contribution is -0.143. The molecule has 1 aromatic rings. The van der Waals surface area contributed by atoms with E-state index in [0.29, 0.717) is 39.0 Å². The lowest BCUT2D eigenvalue weighted by atomic mass is 9.85. The molecule has 4 heterocycles. The molecule has 4 amide bonds. The van der Waals surface area contributed by atoms with Crippen molar-refractivity contribution in [2.75, 3.05) is 26.4 Å². The summed E-state index contributed by atoms with van der Waals surface area (Å²) in [4.78, 5) is 59.3. The van der Waals surface area contributed by atoms with Crippen molar-refractivity contribution in [3.8, 4) is 5.75 Å². The summed E-state index contributed by atoms with van der Waals surface area (Å²) in [5, 5.41) is 4.99. The van der Waals surface area contributed by atoms with Crippen LogP contribution in [0.25, 0.3) is 0 Å². The van der Waals surface area contributed by atoms with Crippen LogP contribution in [0.1, 0.15) is 84.8 Å². The third-order valence-electron chi connectivity index (χ3n) is 11.5. The number of carbonyl (C=O) groups is 4. The molecule has 4 aliphatic heterocycles. The number of benzene rings is 1. The fourth-order valence-corrected chi connectivity index (χ4v) is 9.22. The van der Waals surface area contributed by atoms with Crippen LogP contribution in [0.4, 0.5) is 4.79 Å². The van der Waals surface area contributed by atoms with Crippen LogP contribution in [0.5, 0.6) is 5.75 Å². The Morgan fingerprint density at radius 2 is 1.79 bits per heavy atom. The van der Waals surface area contributed by atoms with Gasteiger partial charge in [-0.2, -0.15) is 0 Å². The van der Waals surface area contributed by atoms with Crippen molar-refractivity contribution in [2.24, 2.45) is 11.3 Å². The summed E-state index contributed by atoms with van der Waals surface area (Å²) in [6.07, 6.45) is 3.11. The number of cyclic esters (lactones) is 1. The van der Waals surface area contributed by atoms with Crippen molar-refractivity contribution in [1.29, 1.82) is 0 Å². The van der Waals surface area contributed by atoms with Crippen molar-refractivity contribution in [2.45, 2.75) is 134 Å². The van der Waals surface area contributed by atoms with Gasteiger partial charge < -0.3 is 39.2 Å². The van der Waals surface area contributed by atoms with Gasteiger partial charge in [0.1, 0.15) is 36.6 Å². The molecule has 17 heteroatoms. The Balaban J connectivity index is 1.13. The maximum Gasteiger partial charge on any atom is 0.407 e. The van der Waals surface area contributed by atoms with Gasteiger partial charge in [0.05, 0.1) is 23.6 Å². The highest BCUT2D eigenvalue weighted by Gasteiger charge is 2.62. The van der Waals surface area contributed by atoms with Crippen molar-refractivity contribution in [3.63, 3.8) is 0 Å². The average molecular weight is 802 g/mol. The molecule has 8 atom stereocenters. The minimum atomic E-state index is -3.87. The smallest absolute Gasteiger partial charge is 0.407 e. The summed E-state index contributed by atoms with van der Waals surface area (Å²) in [6.45, 7) is 12.5. The molecule has 308 valence electrons. The average Bonchev–Trinajstić information content (AvgIpc) is 4.08. The number of amides is 4. The number of alkyl carbamates (subject to hydrolysis) is 1. The van der Waals surface area contributed by atoms with Gasteiger partial charge in [-0.05, 0) is 62.1 Å². The van der Waals surface area contributed by atoms with E-state index in [4.69, 9.17) is 23.7 Å². The molecule has 1 aromatic carbocycles. The molecule has 4 bridgehead atoms. The van der Waals surface area contributed by atoms with Crippen LogP contribution < -0.4 is 20.1 Å². The Morgan fingerprint density at radius 3 is 2.48 bits per heavy atom. The van der Waals surface area contributed by atoms with Crippen molar-refractivity contribution >= 4 is 33.8 Å². The van der Waals surface area contributed by atoms with Crippen LogP contribution in [0.2, 0.25) is 0 Å². The van der Waals surface area contributed by atoms with E-state index in [1.165, 1.54) is 4.90 Å². The van der Waals surface area contributed by atoms with Crippen LogP contribution in [-0.2, 0) is 56.4 Å². The monoisotopic (exact) mass is 801 g/mol. The van der Waals surface area contributed by atoms with Gasteiger partial charge in [-0.15, -0.1) is 0 Å². The number of carbonyl (C=O) groups excluding carboxylic acids is 4. The van der Waals surface area contributed by atoms with Gasteiger partial charge in [-0.25, -0.2) is 13.2 Å². The first-order chi connectivity index (χ1) is 26.4. The Kier molecular flexibility index (Phi) is 11.0. The van der Waals surface area contributed by atoms with E-state index < -0.39 is 80.1 Å². The Hall–Kier alpha value is -3.77. The topological polar surface area (TPSA) is 194 Å². The van der Waals surface area contributed by atoms with Gasteiger partial charge in [-0.1, -0.05) is 52.3 Å². The van der Waals surface area contributed by atoms with Crippen LogP contribution in [0.3, 0.4) is 0 Å². The number of fused-ring (bicyclic) bond motifs is 5. The molecule has 0 aromatic heterocycles. The van der Waals surface area contributed by atoms with E-state index in [1.807, 2.05) is 31.2 Å². The number of hydrogen-bond donors (Lipinski definition) is 3. The molecule has 0 spiro atoms. The normalized spacial score (nSPS) is 33.9. The molecule has 6 aliphatic rings. The van der Waals surface area contributed by atoms with Gasteiger partial charge in [-0.3, -0.25) is 24.0 Å². The van der Waals surface area contributed by atoms with E-state index in [0.717, 1.165) is 16.9 Å². The zero-order valence-corrected chi connectivity index (χ0v) is 33.8. The molecule has 16 nitrogen and oxygen atoms in total. The van der Waals surface area contributed by atoms with Crippen LogP contribution >= 0.6 is 0 Å². The van der Waals surface area contributed by atoms with E-state index in [-0.39, 0.29) is 44.7 Å². The Bertz CT molecular complexity index is 1860.